The van der Waals surface area contributed by atoms with Gasteiger partial charge in [0.1, 0.15) is 0 Å². The summed E-state index contributed by atoms with van der Waals surface area (Å²) < 4.78 is 0. The average molecular weight is 295 g/mol. The molecule has 0 spiro atoms. The van der Waals surface area contributed by atoms with Crippen LogP contribution in [0.15, 0.2) is 5.38 Å². The molecule has 1 saturated carbocycles. The molecule has 2 rings (SSSR count). The number of nitrogens with two attached hydrogens (primary N) is 1. The first-order valence-corrected chi connectivity index (χ1v) is 8.74. The fraction of sp³-hybridized carbons (Fsp3) is 0.824. The molecule has 1 fully saturated rings. The zero-order valence-electron chi connectivity index (χ0n) is 13.7. The zero-order chi connectivity index (χ0) is 15.0. The largest absolute Gasteiger partial charge is 0.330 e. The lowest BCUT2D eigenvalue weighted by atomic mass is 9.66. The van der Waals surface area contributed by atoms with E-state index < -0.39 is 0 Å². The van der Waals surface area contributed by atoms with Gasteiger partial charge in [-0.15, -0.1) is 11.3 Å². The van der Waals surface area contributed by atoms with Crippen molar-refractivity contribution in [3.05, 3.63) is 16.1 Å². The van der Waals surface area contributed by atoms with Gasteiger partial charge in [0.05, 0.1) is 10.7 Å². The van der Waals surface area contributed by atoms with Crippen LogP contribution in [0.25, 0.3) is 0 Å². The lowest BCUT2D eigenvalue weighted by molar-refractivity contribution is 0.121. The van der Waals surface area contributed by atoms with Crippen LogP contribution < -0.4 is 5.73 Å². The molecule has 0 aliphatic heterocycles. The van der Waals surface area contributed by atoms with E-state index in [1.54, 1.807) is 0 Å². The Morgan fingerprint density at radius 2 is 2.05 bits per heavy atom. The van der Waals surface area contributed by atoms with Crippen molar-refractivity contribution in [1.29, 1.82) is 0 Å². The summed E-state index contributed by atoms with van der Waals surface area (Å²) in [5.41, 5.74) is 7.86. The van der Waals surface area contributed by atoms with Crippen LogP contribution in [-0.2, 0) is 11.8 Å². The molecular weight excluding hydrogens is 264 g/mol. The summed E-state index contributed by atoms with van der Waals surface area (Å²) >= 11 is 1.83. The van der Waals surface area contributed by atoms with Gasteiger partial charge in [-0.05, 0) is 43.1 Å². The van der Waals surface area contributed by atoms with Crippen molar-refractivity contribution in [2.24, 2.45) is 23.0 Å². The van der Waals surface area contributed by atoms with Crippen LogP contribution in [0, 0.1) is 17.3 Å². The molecule has 1 aliphatic rings. The second-order valence-electron chi connectivity index (χ2n) is 8.24. The van der Waals surface area contributed by atoms with E-state index in [9.17, 15) is 0 Å². The minimum Gasteiger partial charge on any atom is -0.330 e. The Balaban J connectivity index is 2.08. The summed E-state index contributed by atoms with van der Waals surface area (Å²) in [6.45, 7) is 12.3. The second kappa shape index (κ2) is 5.76. The molecule has 2 atom stereocenters. The van der Waals surface area contributed by atoms with Crippen molar-refractivity contribution in [1.82, 2.24) is 4.98 Å². The summed E-state index contributed by atoms with van der Waals surface area (Å²) in [4.78, 5) is 4.87. The molecule has 3 heteroatoms. The van der Waals surface area contributed by atoms with Crippen LogP contribution in [0.1, 0.15) is 64.6 Å². The highest BCUT2D eigenvalue weighted by atomic mass is 32.1. The van der Waals surface area contributed by atoms with E-state index in [-0.39, 0.29) is 5.41 Å². The van der Waals surface area contributed by atoms with Crippen LogP contribution in [0.4, 0.5) is 0 Å². The third-order valence-electron chi connectivity index (χ3n) is 4.73. The molecule has 0 aromatic carbocycles. The maximum Gasteiger partial charge on any atom is 0.0931 e. The van der Waals surface area contributed by atoms with E-state index in [2.05, 4.69) is 40.0 Å². The maximum absolute atomic E-state index is 5.99. The van der Waals surface area contributed by atoms with Gasteiger partial charge >= 0.3 is 0 Å². The fourth-order valence-corrected chi connectivity index (χ4v) is 4.43. The Morgan fingerprint density at radius 1 is 1.35 bits per heavy atom. The summed E-state index contributed by atoms with van der Waals surface area (Å²) in [5.74, 6) is 1.40. The highest BCUT2D eigenvalue weighted by molar-refractivity contribution is 7.09. The van der Waals surface area contributed by atoms with Gasteiger partial charge in [0.2, 0.25) is 0 Å². The van der Waals surface area contributed by atoms with E-state index in [4.69, 9.17) is 10.7 Å². The fourth-order valence-electron chi connectivity index (χ4n) is 3.31. The molecule has 20 heavy (non-hydrogen) atoms. The molecule has 1 aromatic heterocycles. The Kier molecular flexibility index (Phi) is 4.60. The van der Waals surface area contributed by atoms with Crippen LogP contribution in [0.3, 0.4) is 0 Å². The van der Waals surface area contributed by atoms with Gasteiger partial charge in [-0.25, -0.2) is 4.98 Å². The van der Waals surface area contributed by atoms with E-state index in [1.165, 1.54) is 30.0 Å². The predicted molar refractivity (Wildman–Crippen MR) is 88.2 cm³/mol. The van der Waals surface area contributed by atoms with Crippen molar-refractivity contribution < 1.29 is 0 Å². The van der Waals surface area contributed by atoms with Crippen molar-refractivity contribution in [2.75, 3.05) is 6.54 Å². The van der Waals surface area contributed by atoms with Crippen LogP contribution >= 0.6 is 11.3 Å². The van der Waals surface area contributed by atoms with Gasteiger partial charge in [-0.1, -0.05) is 34.6 Å². The number of hydrogen-bond acceptors (Lipinski definition) is 3. The maximum atomic E-state index is 5.99. The Morgan fingerprint density at radius 3 is 2.60 bits per heavy atom. The number of rotatable bonds is 3. The first-order valence-electron chi connectivity index (χ1n) is 7.86. The van der Waals surface area contributed by atoms with Gasteiger partial charge in [0.25, 0.3) is 0 Å². The third-order valence-corrected chi connectivity index (χ3v) is 5.60. The Hall–Kier alpha value is -0.410. The van der Waals surface area contributed by atoms with Crippen molar-refractivity contribution >= 4 is 11.3 Å². The molecule has 0 saturated heterocycles. The second-order valence-corrected chi connectivity index (χ2v) is 9.19. The molecular formula is C17H30N2S. The van der Waals surface area contributed by atoms with E-state index in [0.717, 1.165) is 13.0 Å². The molecule has 2 nitrogen and oxygen atoms in total. The number of nitrogens with zero attached hydrogens (tertiary/aromatic N) is 1. The Labute approximate surface area is 128 Å². The molecule has 1 aliphatic carbocycles. The third kappa shape index (κ3) is 3.82. The van der Waals surface area contributed by atoms with Gasteiger partial charge in [-0.2, -0.15) is 0 Å². The highest BCUT2D eigenvalue weighted by Gasteiger charge is 2.34. The smallest absolute Gasteiger partial charge is 0.0931 e. The first kappa shape index (κ1) is 16.0. The lowest BCUT2D eigenvalue weighted by Crippen LogP contribution is -2.35. The Bertz CT molecular complexity index is 442. The van der Waals surface area contributed by atoms with Crippen LogP contribution in [0.5, 0.6) is 0 Å². The molecule has 114 valence electrons. The van der Waals surface area contributed by atoms with Gasteiger partial charge in [-0.3, -0.25) is 0 Å². The number of thiazole rings is 1. The van der Waals surface area contributed by atoms with Crippen molar-refractivity contribution in [3.8, 4) is 0 Å². The van der Waals surface area contributed by atoms with Gasteiger partial charge < -0.3 is 5.73 Å². The van der Waals surface area contributed by atoms with Crippen LogP contribution in [0.2, 0.25) is 0 Å². The molecule has 1 heterocycles. The van der Waals surface area contributed by atoms with E-state index in [1.807, 2.05) is 11.3 Å². The van der Waals surface area contributed by atoms with E-state index >= 15 is 0 Å². The number of hydrogen-bond donors (Lipinski definition) is 1. The monoisotopic (exact) mass is 294 g/mol. The van der Waals surface area contributed by atoms with Crippen LogP contribution in [-0.4, -0.2) is 11.5 Å². The normalized spacial score (nSPS) is 26.7. The summed E-state index contributed by atoms with van der Waals surface area (Å²) in [6, 6.07) is 0. The molecule has 0 amide bonds. The van der Waals surface area contributed by atoms with E-state index in [0.29, 0.717) is 17.3 Å². The topological polar surface area (TPSA) is 38.9 Å². The minimum atomic E-state index is 0.161. The van der Waals surface area contributed by atoms with Gasteiger partial charge in [0, 0.05) is 17.2 Å². The summed E-state index contributed by atoms with van der Waals surface area (Å²) in [5, 5.41) is 3.54. The summed E-state index contributed by atoms with van der Waals surface area (Å²) in [7, 11) is 0. The first-order chi connectivity index (χ1) is 9.21. The van der Waals surface area contributed by atoms with Crippen molar-refractivity contribution in [3.63, 3.8) is 0 Å². The average Bonchev–Trinajstić information content (AvgIpc) is 2.76. The number of aromatic nitrogens is 1. The zero-order valence-corrected chi connectivity index (χ0v) is 14.5. The quantitative estimate of drug-likeness (QED) is 0.898. The molecule has 1 aromatic rings. The molecule has 2 unspecified atom stereocenters. The lowest BCUT2D eigenvalue weighted by Gasteiger charge is -2.40. The van der Waals surface area contributed by atoms with Gasteiger partial charge in [0.15, 0.2) is 0 Å². The molecule has 2 N–H and O–H groups in total. The minimum absolute atomic E-state index is 0.161. The summed E-state index contributed by atoms with van der Waals surface area (Å²) in [6.07, 6.45) is 5.01. The van der Waals surface area contributed by atoms with Crippen molar-refractivity contribution in [2.45, 2.75) is 65.7 Å². The SMILES string of the molecule is CC1(C)CCC(CN)C(Cc2nc(C(C)(C)C)cs2)C1. The predicted octanol–water partition coefficient (Wildman–Crippen LogP) is 4.38. The molecule has 0 radical (unpaired) electrons. The standard InChI is InChI=1S/C17H30N2S/c1-16(2,3)14-11-20-15(19-14)8-13-9-17(4,5)7-6-12(13)10-18/h11-13H,6-10,18H2,1-5H3. The highest BCUT2D eigenvalue weighted by Crippen LogP contribution is 2.43. The molecule has 0 bridgehead atoms.